The zero-order chi connectivity index (χ0) is 10.4. The van der Waals surface area contributed by atoms with Crippen LogP contribution in [0.5, 0.6) is 0 Å². The summed E-state index contributed by atoms with van der Waals surface area (Å²) in [4.78, 5) is 0. The lowest BCUT2D eigenvalue weighted by Gasteiger charge is -2.34. The molecule has 1 rings (SSSR count). The molecule has 3 heteroatoms. The Morgan fingerprint density at radius 1 is 1.29 bits per heavy atom. The second-order valence-electron chi connectivity index (χ2n) is 4.29. The lowest BCUT2D eigenvalue weighted by atomic mass is 10.0. The summed E-state index contributed by atoms with van der Waals surface area (Å²) >= 11 is 0. The van der Waals surface area contributed by atoms with Gasteiger partial charge in [-0.2, -0.15) is 5.26 Å². The van der Waals surface area contributed by atoms with E-state index in [-0.39, 0.29) is 0 Å². The van der Waals surface area contributed by atoms with E-state index in [1.165, 1.54) is 0 Å². The minimum absolute atomic E-state index is 0.400. The topological polar surface area (TPSA) is 42.2 Å². The van der Waals surface area contributed by atoms with Crippen LogP contribution in [0.4, 0.5) is 0 Å². The van der Waals surface area contributed by atoms with Crippen molar-refractivity contribution in [3.8, 4) is 6.07 Å². The van der Waals surface area contributed by atoms with Gasteiger partial charge in [0.1, 0.15) is 0 Å². The molecule has 14 heavy (non-hydrogen) atoms. The van der Waals surface area contributed by atoms with Crippen LogP contribution in [0, 0.1) is 17.2 Å². The normalized spacial score (nSPS) is 21.8. The fraction of sp³-hybridized carbons (Fsp3) is 0.909. The van der Waals surface area contributed by atoms with Crippen LogP contribution in [0.2, 0.25) is 0 Å². The Bertz CT molecular complexity index is 198. The van der Waals surface area contributed by atoms with Crippen molar-refractivity contribution >= 4 is 0 Å². The number of nitrogens with zero attached hydrogens (tertiary/aromatic N) is 1. The van der Waals surface area contributed by atoms with Gasteiger partial charge in [-0.3, -0.25) is 0 Å². The van der Waals surface area contributed by atoms with E-state index in [4.69, 9.17) is 14.7 Å². The van der Waals surface area contributed by atoms with Crippen molar-refractivity contribution in [3.05, 3.63) is 0 Å². The van der Waals surface area contributed by atoms with Gasteiger partial charge in [0, 0.05) is 12.3 Å². The predicted molar refractivity (Wildman–Crippen MR) is 53.6 cm³/mol. The minimum Gasteiger partial charge on any atom is -0.350 e. The average Bonchev–Trinajstić information content (AvgIpc) is 2.15. The van der Waals surface area contributed by atoms with Crippen molar-refractivity contribution in [1.29, 1.82) is 5.26 Å². The quantitative estimate of drug-likeness (QED) is 0.650. The second-order valence-corrected chi connectivity index (χ2v) is 4.29. The van der Waals surface area contributed by atoms with Gasteiger partial charge >= 0.3 is 0 Å². The van der Waals surface area contributed by atoms with Gasteiger partial charge < -0.3 is 9.47 Å². The minimum atomic E-state index is -0.400. The number of nitriles is 1. The molecule has 1 aliphatic heterocycles. The van der Waals surface area contributed by atoms with Crippen LogP contribution >= 0.6 is 0 Å². The van der Waals surface area contributed by atoms with E-state index in [0.29, 0.717) is 12.3 Å². The molecule has 1 saturated heterocycles. The highest BCUT2D eigenvalue weighted by molar-refractivity contribution is 4.71. The van der Waals surface area contributed by atoms with Gasteiger partial charge in [0.05, 0.1) is 19.3 Å². The molecule has 80 valence electrons. The Balaban J connectivity index is 2.08. The molecule has 1 aliphatic rings. The Kier molecular flexibility index (Phi) is 4.37. The molecule has 0 unspecified atom stereocenters. The number of hydrogen-bond acceptors (Lipinski definition) is 3. The first kappa shape index (κ1) is 11.5. The third-order valence-corrected chi connectivity index (χ3v) is 2.48. The van der Waals surface area contributed by atoms with Crippen LogP contribution in [0.3, 0.4) is 0 Å². The van der Waals surface area contributed by atoms with Gasteiger partial charge in [0.2, 0.25) is 0 Å². The lowest BCUT2D eigenvalue weighted by molar-refractivity contribution is -0.262. The third kappa shape index (κ3) is 4.08. The highest BCUT2D eigenvalue weighted by Gasteiger charge is 2.27. The maximum absolute atomic E-state index is 8.37. The third-order valence-electron chi connectivity index (χ3n) is 2.48. The molecule has 0 amide bonds. The van der Waals surface area contributed by atoms with Gasteiger partial charge in [-0.15, -0.1) is 0 Å². The maximum atomic E-state index is 8.37. The zero-order valence-corrected chi connectivity index (χ0v) is 9.08. The number of ether oxygens (including phenoxy) is 2. The van der Waals surface area contributed by atoms with Crippen molar-refractivity contribution in [1.82, 2.24) is 0 Å². The molecule has 0 radical (unpaired) electrons. The van der Waals surface area contributed by atoms with E-state index in [9.17, 15) is 0 Å². The molecule has 0 atom stereocenters. The zero-order valence-electron chi connectivity index (χ0n) is 9.08. The number of rotatable bonds is 4. The van der Waals surface area contributed by atoms with Crippen LogP contribution < -0.4 is 0 Å². The fourth-order valence-corrected chi connectivity index (χ4v) is 1.53. The van der Waals surface area contributed by atoms with Crippen molar-refractivity contribution < 1.29 is 9.47 Å². The molecule has 0 aromatic carbocycles. The van der Waals surface area contributed by atoms with E-state index in [0.717, 1.165) is 32.5 Å². The summed E-state index contributed by atoms with van der Waals surface area (Å²) in [5, 5.41) is 8.37. The van der Waals surface area contributed by atoms with Crippen molar-refractivity contribution in [3.63, 3.8) is 0 Å². The predicted octanol–water partition coefficient (Wildman–Crippen LogP) is 2.47. The Labute approximate surface area is 86.0 Å². The van der Waals surface area contributed by atoms with E-state index < -0.39 is 5.79 Å². The standard InChI is InChI=1S/C11H19NO2/c1-11(2)13-8-10(9-14-11)6-4-3-5-7-12/h10H,3-6,8-9H2,1-2H3. The summed E-state index contributed by atoms with van der Waals surface area (Å²) in [6.07, 6.45) is 3.87. The second kappa shape index (κ2) is 5.33. The van der Waals surface area contributed by atoms with Gasteiger partial charge in [0.25, 0.3) is 0 Å². The summed E-state index contributed by atoms with van der Waals surface area (Å²) in [5.74, 6) is 0.116. The van der Waals surface area contributed by atoms with Crippen molar-refractivity contribution in [2.24, 2.45) is 5.92 Å². The van der Waals surface area contributed by atoms with Gasteiger partial charge in [0.15, 0.2) is 5.79 Å². The molecular weight excluding hydrogens is 178 g/mol. The SMILES string of the molecule is CC1(C)OCC(CCCCC#N)CO1. The monoisotopic (exact) mass is 197 g/mol. The largest absolute Gasteiger partial charge is 0.350 e. The number of hydrogen-bond donors (Lipinski definition) is 0. The maximum Gasteiger partial charge on any atom is 0.162 e. The Morgan fingerprint density at radius 2 is 1.93 bits per heavy atom. The van der Waals surface area contributed by atoms with Crippen molar-refractivity contribution in [2.75, 3.05) is 13.2 Å². The van der Waals surface area contributed by atoms with Crippen LogP contribution in [0.1, 0.15) is 39.5 Å². The van der Waals surface area contributed by atoms with Crippen LogP contribution in [-0.2, 0) is 9.47 Å². The molecular formula is C11H19NO2. The molecule has 0 bridgehead atoms. The summed E-state index contributed by atoms with van der Waals surface area (Å²) in [6.45, 7) is 5.47. The van der Waals surface area contributed by atoms with E-state index in [2.05, 4.69) is 6.07 Å². The lowest BCUT2D eigenvalue weighted by Crippen LogP contribution is -2.39. The first-order chi connectivity index (χ1) is 6.64. The molecule has 0 aliphatic carbocycles. The van der Waals surface area contributed by atoms with Gasteiger partial charge in [-0.1, -0.05) is 6.42 Å². The molecule has 1 heterocycles. The summed E-state index contributed by atoms with van der Waals surface area (Å²) in [5.41, 5.74) is 0. The smallest absolute Gasteiger partial charge is 0.162 e. The van der Waals surface area contributed by atoms with Crippen LogP contribution in [0.25, 0.3) is 0 Å². The fourth-order valence-electron chi connectivity index (χ4n) is 1.53. The first-order valence-corrected chi connectivity index (χ1v) is 5.29. The summed E-state index contributed by atoms with van der Waals surface area (Å²) in [6, 6.07) is 2.16. The van der Waals surface area contributed by atoms with E-state index >= 15 is 0 Å². The average molecular weight is 197 g/mol. The van der Waals surface area contributed by atoms with Gasteiger partial charge in [-0.25, -0.2) is 0 Å². The molecule has 0 aromatic heterocycles. The Morgan fingerprint density at radius 3 is 2.50 bits per heavy atom. The first-order valence-electron chi connectivity index (χ1n) is 5.29. The summed E-state index contributed by atoms with van der Waals surface area (Å²) in [7, 11) is 0. The molecule has 0 spiro atoms. The highest BCUT2D eigenvalue weighted by Crippen LogP contribution is 2.23. The molecule has 0 saturated carbocycles. The molecule has 0 aromatic rings. The number of unbranched alkanes of at least 4 members (excludes halogenated alkanes) is 2. The van der Waals surface area contributed by atoms with E-state index in [1.807, 2.05) is 13.8 Å². The molecule has 3 nitrogen and oxygen atoms in total. The molecule has 1 fully saturated rings. The van der Waals surface area contributed by atoms with Gasteiger partial charge in [-0.05, 0) is 26.7 Å². The summed E-state index contributed by atoms with van der Waals surface area (Å²) < 4.78 is 11.1. The van der Waals surface area contributed by atoms with E-state index in [1.54, 1.807) is 0 Å². The van der Waals surface area contributed by atoms with Crippen LogP contribution in [0.15, 0.2) is 0 Å². The molecule has 0 N–H and O–H groups in total. The highest BCUT2D eigenvalue weighted by atomic mass is 16.7. The Hall–Kier alpha value is -0.590. The van der Waals surface area contributed by atoms with Crippen LogP contribution in [-0.4, -0.2) is 19.0 Å². The van der Waals surface area contributed by atoms with Crippen molar-refractivity contribution in [2.45, 2.75) is 45.3 Å².